The maximum Gasteiger partial charge on any atom is 0.129 e. The fourth-order valence-corrected chi connectivity index (χ4v) is 1.60. The van der Waals surface area contributed by atoms with E-state index in [1.54, 1.807) is 12.1 Å². The number of phenols is 1. The van der Waals surface area contributed by atoms with Gasteiger partial charge >= 0.3 is 0 Å². The van der Waals surface area contributed by atoms with Gasteiger partial charge in [0.1, 0.15) is 5.75 Å². The van der Waals surface area contributed by atoms with Crippen LogP contribution in [-0.2, 0) is 0 Å². The van der Waals surface area contributed by atoms with Crippen LogP contribution in [0.3, 0.4) is 0 Å². The van der Waals surface area contributed by atoms with Crippen molar-refractivity contribution in [2.45, 2.75) is 4.90 Å². The van der Waals surface area contributed by atoms with Crippen molar-refractivity contribution in [1.82, 2.24) is 0 Å². The zero-order chi connectivity index (χ0) is 8.97. The Hall–Kier alpha value is -0.600. The molecule has 0 fully saturated rings. The minimum Gasteiger partial charge on any atom is -0.507 e. The van der Waals surface area contributed by atoms with Crippen LogP contribution in [0.15, 0.2) is 40.8 Å². The van der Waals surface area contributed by atoms with Crippen LogP contribution in [0.25, 0.3) is 0 Å². The Morgan fingerprint density at radius 2 is 2.17 bits per heavy atom. The van der Waals surface area contributed by atoms with Crippen LogP contribution in [-0.4, -0.2) is 10.9 Å². The molecule has 0 aliphatic carbocycles. The van der Waals surface area contributed by atoms with E-state index in [1.165, 1.54) is 11.8 Å². The van der Waals surface area contributed by atoms with Crippen molar-refractivity contribution in [2.24, 2.45) is 0 Å². The van der Waals surface area contributed by atoms with Gasteiger partial charge in [-0.3, -0.25) is 0 Å². The summed E-state index contributed by atoms with van der Waals surface area (Å²) in [5.41, 5.74) is 0. The van der Waals surface area contributed by atoms with Crippen LogP contribution in [0.2, 0.25) is 0 Å². The van der Waals surface area contributed by atoms with Crippen LogP contribution in [0.1, 0.15) is 0 Å². The molecular weight excluding hydrogens is 192 g/mol. The van der Waals surface area contributed by atoms with Gasteiger partial charge in [-0.1, -0.05) is 30.3 Å². The molecule has 0 unspecified atom stereocenters. The Bertz CT molecular complexity index is 286. The molecule has 0 saturated heterocycles. The van der Waals surface area contributed by atoms with Crippen molar-refractivity contribution in [3.63, 3.8) is 0 Å². The fraction of sp³-hybridized carbons (Fsp3) is 0.111. The first kappa shape index (κ1) is 9.49. The number of thioether (sulfide) groups is 1. The van der Waals surface area contributed by atoms with E-state index in [-0.39, 0.29) is 0 Å². The lowest BCUT2D eigenvalue weighted by Crippen LogP contribution is -1.77. The van der Waals surface area contributed by atoms with E-state index in [9.17, 15) is 5.11 Å². The van der Waals surface area contributed by atoms with Crippen LogP contribution in [0.5, 0.6) is 5.75 Å². The average molecular weight is 201 g/mol. The second-order valence-electron chi connectivity index (χ2n) is 2.27. The highest BCUT2D eigenvalue weighted by Gasteiger charge is 1.99. The maximum atomic E-state index is 9.33. The molecule has 0 atom stereocenters. The number of halogens is 1. The van der Waals surface area contributed by atoms with E-state index in [0.717, 1.165) is 4.90 Å². The zero-order valence-electron chi connectivity index (χ0n) is 6.46. The monoisotopic (exact) mass is 200 g/mol. The molecule has 0 radical (unpaired) electrons. The quantitative estimate of drug-likeness (QED) is 0.756. The van der Waals surface area contributed by atoms with Gasteiger partial charge in [0.2, 0.25) is 0 Å². The minimum atomic E-state index is 0.292. The molecule has 0 amide bonds. The van der Waals surface area contributed by atoms with E-state index in [0.29, 0.717) is 16.5 Å². The second-order valence-corrected chi connectivity index (χ2v) is 3.83. The van der Waals surface area contributed by atoms with E-state index >= 15 is 0 Å². The van der Waals surface area contributed by atoms with Crippen molar-refractivity contribution >= 4 is 23.4 Å². The first-order chi connectivity index (χ1) is 5.70. The standard InChI is InChI=1S/C9H9ClOS/c1-7(10)6-12-9-5-3-2-4-8(9)11/h2-5,11H,1,6H2. The highest BCUT2D eigenvalue weighted by molar-refractivity contribution is 7.99. The molecular formula is C9H9ClOS. The third-order valence-electron chi connectivity index (χ3n) is 1.25. The summed E-state index contributed by atoms with van der Waals surface area (Å²) >= 11 is 7.06. The van der Waals surface area contributed by atoms with E-state index < -0.39 is 0 Å². The fourth-order valence-electron chi connectivity index (χ4n) is 0.735. The number of rotatable bonds is 3. The molecule has 1 nitrogen and oxygen atoms in total. The van der Waals surface area contributed by atoms with Crippen molar-refractivity contribution in [3.8, 4) is 5.75 Å². The molecule has 0 aliphatic heterocycles. The lowest BCUT2D eigenvalue weighted by Gasteiger charge is -2.01. The lowest BCUT2D eigenvalue weighted by molar-refractivity contribution is 0.462. The van der Waals surface area contributed by atoms with Crippen molar-refractivity contribution in [2.75, 3.05) is 5.75 Å². The van der Waals surface area contributed by atoms with Crippen LogP contribution < -0.4 is 0 Å². The summed E-state index contributed by atoms with van der Waals surface area (Å²) in [7, 11) is 0. The average Bonchev–Trinajstić information content (AvgIpc) is 2.03. The summed E-state index contributed by atoms with van der Waals surface area (Å²) in [5.74, 6) is 0.916. The van der Waals surface area contributed by atoms with Crippen LogP contribution in [0.4, 0.5) is 0 Å². The Morgan fingerprint density at radius 1 is 1.50 bits per heavy atom. The summed E-state index contributed by atoms with van der Waals surface area (Å²) in [4.78, 5) is 0.833. The maximum absolute atomic E-state index is 9.33. The molecule has 0 bridgehead atoms. The van der Waals surface area contributed by atoms with Crippen molar-refractivity contribution < 1.29 is 5.11 Å². The third-order valence-corrected chi connectivity index (χ3v) is 2.69. The van der Waals surface area contributed by atoms with Gasteiger partial charge in [-0.15, -0.1) is 11.8 Å². The lowest BCUT2D eigenvalue weighted by atomic mass is 10.3. The summed E-state index contributed by atoms with van der Waals surface area (Å²) in [5, 5.41) is 9.92. The third kappa shape index (κ3) is 2.80. The van der Waals surface area contributed by atoms with Gasteiger partial charge in [-0.25, -0.2) is 0 Å². The Kier molecular flexibility index (Phi) is 3.50. The highest BCUT2D eigenvalue weighted by atomic mass is 35.5. The van der Waals surface area contributed by atoms with E-state index in [2.05, 4.69) is 6.58 Å². The molecule has 0 heterocycles. The van der Waals surface area contributed by atoms with E-state index in [1.807, 2.05) is 12.1 Å². The van der Waals surface area contributed by atoms with Gasteiger partial charge < -0.3 is 5.11 Å². The van der Waals surface area contributed by atoms with Crippen LogP contribution >= 0.6 is 23.4 Å². The molecule has 64 valence electrons. The zero-order valence-corrected chi connectivity index (χ0v) is 8.03. The van der Waals surface area contributed by atoms with E-state index in [4.69, 9.17) is 11.6 Å². The number of benzene rings is 1. The molecule has 0 saturated carbocycles. The smallest absolute Gasteiger partial charge is 0.129 e. The molecule has 1 aromatic carbocycles. The number of phenolic OH excluding ortho intramolecular Hbond substituents is 1. The predicted molar refractivity (Wildman–Crippen MR) is 53.8 cm³/mol. The number of para-hydroxylation sites is 1. The van der Waals surface area contributed by atoms with Gasteiger partial charge in [0.05, 0.1) is 0 Å². The van der Waals surface area contributed by atoms with Crippen LogP contribution in [0, 0.1) is 0 Å². The minimum absolute atomic E-state index is 0.292. The summed E-state index contributed by atoms with van der Waals surface area (Å²) < 4.78 is 0. The number of aromatic hydroxyl groups is 1. The molecule has 1 N–H and O–H groups in total. The molecule has 0 spiro atoms. The SMILES string of the molecule is C=C(Cl)CSc1ccccc1O. The largest absolute Gasteiger partial charge is 0.507 e. The van der Waals surface area contributed by atoms with Crippen molar-refractivity contribution in [1.29, 1.82) is 0 Å². The normalized spacial score (nSPS) is 9.75. The Morgan fingerprint density at radius 3 is 2.75 bits per heavy atom. The van der Waals surface area contributed by atoms with Crippen molar-refractivity contribution in [3.05, 3.63) is 35.9 Å². The number of hydrogen-bond donors (Lipinski definition) is 1. The summed E-state index contributed by atoms with van der Waals surface area (Å²) in [6.07, 6.45) is 0. The predicted octanol–water partition coefficient (Wildman–Crippen LogP) is 3.24. The van der Waals surface area contributed by atoms with Gasteiger partial charge in [0, 0.05) is 15.7 Å². The first-order valence-electron chi connectivity index (χ1n) is 3.44. The highest BCUT2D eigenvalue weighted by Crippen LogP contribution is 2.29. The topological polar surface area (TPSA) is 20.2 Å². The second kappa shape index (κ2) is 4.43. The number of hydrogen-bond acceptors (Lipinski definition) is 2. The molecule has 0 aromatic heterocycles. The van der Waals surface area contributed by atoms with Gasteiger partial charge in [-0.2, -0.15) is 0 Å². The van der Waals surface area contributed by atoms with Gasteiger partial charge in [0.15, 0.2) is 0 Å². The molecule has 1 aromatic rings. The molecule has 1 rings (SSSR count). The summed E-state index contributed by atoms with van der Waals surface area (Å²) in [6, 6.07) is 7.16. The molecule has 0 aliphatic rings. The first-order valence-corrected chi connectivity index (χ1v) is 4.80. The Balaban J connectivity index is 2.63. The molecule has 3 heteroatoms. The Labute approximate surface area is 81.1 Å². The molecule has 12 heavy (non-hydrogen) atoms. The summed E-state index contributed by atoms with van der Waals surface area (Å²) in [6.45, 7) is 3.56. The van der Waals surface area contributed by atoms with Gasteiger partial charge in [0.25, 0.3) is 0 Å². The van der Waals surface area contributed by atoms with Gasteiger partial charge in [-0.05, 0) is 12.1 Å².